The Bertz CT molecular complexity index is 1100. The van der Waals surface area contributed by atoms with Crippen LogP contribution in [0.15, 0.2) is 30.3 Å². The van der Waals surface area contributed by atoms with Crippen LogP contribution in [0.2, 0.25) is 0 Å². The van der Waals surface area contributed by atoms with Crippen LogP contribution >= 0.6 is 0 Å². The summed E-state index contributed by atoms with van der Waals surface area (Å²) in [5, 5.41) is 2.95. The number of aryl methyl sites for hydroxylation is 1. The smallest absolute Gasteiger partial charge is 0.370 e. The minimum Gasteiger partial charge on any atom is -0.370 e. The van der Waals surface area contributed by atoms with E-state index < -0.39 is 11.7 Å². The topological polar surface area (TPSA) is 73.3 Å². The van der Waals surface area contributed by atoms with Gasteiger partial charge in [-0.25, -0.2) is 0 Å². The van der Waals surface area contributed by atoms with E-state index in [2.05, 4.69) is 17.5 Å². The number of alkyl halides is 3. The Labute approximate surface area is 185 Å². The van der Waals surface area contributed by atoms with Gasteiger partial charge >= 0.3 is 6.18 Å². The highest BCUT2D eigenvalue weighted by molar-refractivity contribution is 5.96. The maximum Gasteiger partial charge on any atom is 0.416 e. The first kappa shape index (κ1) is 22.6. The fourth-order valence-corrected chi connectivity index (χ4v) is 4.95. The van der Waals surface area contributed by atoms with Crippen molar-refractivity contribution in [2.45, 2.75) is 63.8 Å². The Morgan fingerprint density at radius 1 is 1.12 bits per heavy atom. The highest BCUT2D eigenvalue weighted by Gasteiger charge is 2.41. The van der Waals surface area contributed by atoms with Gasteiger partial charge in [0.2, 0.25) is 5.91 Å². The number of ether oxygens (including phenoxy) is 1. The average Bonchev–Trinajstić information content (AvgIpc) is 2.84. The van der Waals surface area contributed by atoms with Crippen molar-refractivity contribution in [1.29, 1.82) is 0 Å². The van der Waals surface area contributed by atoms with Crippen molar-refractivity contribution in [3.8, 4) is 0 Å². The molecule has 32 heavy (non-hydrogen) atoms. The van der Waals surface area contributed by atoms with E-state index in [0.717, 1.165) is 58.8 Å². The van der Waals surface area contributed by atoms with Crippen molar-refractivity contribution in [3.05, 3.63) is 63.7 Å². The molecule has 1 saturated carbocycles. The van der Waals surface area contributed by atoms with E-state index in [0.29, 0.717) is 24.8 Å². The summed E-state index contributed by atoms with van der Waals surface area (Å²) in [5.74, 6) is 0.0121. The number of hydrogen-bond acceptors (Lipinski definition) is 3. The van der Waals surface area contributed by atoms with E-state index in [4.69, 9.17) is 4.74 Å². The normalized spacial score (nSPS) is 20.5. The van der Waals surface area contributed by atoms with E-state index in [1.54, 1.807) is 6.07 Å². The molecule has 0 unspecified atom stereocenters. The van der Waals surface area contributed by atoms with Gasteiger partial charge in [0.25, 0.3) is 0 Å². The van der Waals surface area contributed by atoms with Crippen molar-refractivity contribution < 1.29 is 22.7 Å². The number of fused-ring (bicyclic) bond motifs is 2. The van der Waals surface area contributed by atoms with Gasteiger partial charge in [0, 0.05) is 18.5 Å². The van der Waals surface area contributed by atoms with Crippen LogP contribution in [-0.2, 0) is 28.7 Å². The van der Waals surface area contributed by atoms with Crippen LogP contribution in [0, 0.1) is 6.92 Å². The molecule has 1 amide bonds. The molecule has 0 bridgehead atoms. The third-order valence-electron chi connectivity index (χ3n) is 6.72. The number of carbonyl (C=O) groups is 1. The zero-order valence-corrected chi connectivity index (χ0v) is 18.1. The second kappa shape index (κ2) is 8.05. The van der Waals surface area contributed by atoms with Crippen molar-refractivity contribution in [1.82, 2.24) is 6.15 Å². The average molecular weight is 444 g/mol. The van der Waals surface area contributed by atoms with Crippen molar-refractivity contribution in [2.24, 2.45) is 0 Å². The van der Waals surface area contributed by atoms with Gasteiger partial charge in [-0.2, -0.15) is 13.2 Å². The molecule has 4 N–H and O–H groups in total. The molecule has 3 aliphatic rings. The molecular weight excluding hydrogens is 417 g/mol. The van der Waals surface area contributed by atoms with Gasteiger partial charge in [-0.15, -0.1) is 0 Å². The first-order chi connectivity index (χ1) is 14.7. The standard InChI is InChI=1S/C25H24F3NO2.H3N/c1-15-9-16(21-5-6-23(30)29-22(21)10-15)11-17-13-24(7-2-8-24)31-14-18-12-19(25(26,27)28)3-4-20(17)18;/h3-4,9-12H,2,5-8,13-14H2,1H3,(H,29,30);1H3/b17-11+;. The van der Waals surface area contributed by atoms with Crippen LogP contribution in [0.3, 0.4) is 0 Å². The molecule has 0 aromatic heterocycles. The Hall–Kier alpha value is -2.64. The summed E-state index contributed by atoms with van der Waals surface area (Å²) in [6.45, 7) is 2.18. The summed E-state index contributed by atoms with van der Waals surface area (Å²) < 4.78 is 46.1. The number of benzene rings is 2. The lowest BCUT2D eigenvalue weighted by molar-refractivity contribution is -0.137. The molecule has 170 valence electrons. The molecule has 1 fully saturated rings. The van der Waals surface area contributed by atoms with Gasteiger partial charge in [0.15, 0.2) is 0 Å². The fraction of sp³-hybridized carbons (Fsp3) is 0.400. The monoisotopic (exact) mass is 444 g/mol. The fourth-order valence-electron chi connectivity index (χ4n) is 4.95. The van der Waals surface area contributed by atoms with Crippen LogP contribution < -0.4 is 11.5 Å². The number of amides is 1. The Kier molecular flexibility index (Phi) is 5.67. The van der Waals surface area contributed by atoms with E-state index >= 15 is 0 Å². The molecule has 0 radical (unpaired) electrons. The lowest BCUT2D eigenvalue weighted by Gasteiger charge is -2.41. The summed E-state index contributed by atoms with van der Waals surface area (Å²) in [4.78, 5) is 11.9. The predicted octanol–water partition coefficient (Wildman–Crippen LogP) is 6.44. The number of rotatable bonds is 1. The number of nitrogens with one attached hydrogen (secondary N) is 1. The van der Waals surface area contributed by atoms with Crippen LogP contribution in [0.25, 0.3) is 11.6 Å². The van der Waals surface area contributed by atoms with Crippen molar-refractivity contribution in [2.75, 3.05) is 5.32 Å². The lowest BCUT2D eigenvalue weighted by atomic mass is 9.74. The van der Waals surface area contributed by atoms with Crippen LogP contribution in [0.4, 0.5) is 18.9 Å². The molecule has 7 heteroatoms. The Balaban J connectivity index is 0.00000245. The van der Waals surface area contributed by atoms with E-state index in [9.17, 15) is 18.0 Å². The second-order valence-corrected chi connectivity index (χ2v) is 8.97. The maximum atomic E-state index is 13.3. The Morgan fingerprint density at radius 3 is 2.59 bits per heavy atom. The highest BCUT2D eigenvalue weighted by Crippen LogP contribution is 2.47. The minimum absolute atomic E-state index is 0. The summed E-state index contributed by atoms with van der Waals surface area (Å²) >= 11 is 0. The van der Waals surface area contributed by atoms with Gasteiger partial charge in [-0.1, -0.05) is 18.2 Å². The molecule has 1 spiro atoms. The maximum absolute atomic E-state index is 13.3. The van der Waals surface area contributed by atoms with E-state index in [-0.39, 0.29) is 24.3 Å². The largest absolute Gasteiger partial charge is 0.416 e. The third kappa shape index (κ3) is 4.07. The zero-order valence-electron chi connectivity index (χ0n) is 18.1. The summed E-state index contributed by atoms with van der Waals surface area (Å²) in [5.41, 5.74) is 5.45. The molecule has 2 heterocycles. The molecule has 4 nitrogen and oxygen atoms in total. The number of carbonyl (C=O) groups excluding carboxylic acids is 1. The van der Waals surface area contributed by atoms with Crippen LogP contribution in [-0.4, -0.2) is 11.5 Å². The van der Waals surface area contributed by atoms with Crippen molar-refractivity contribution in [3.63, 3.8) is 0 Å². The Morgan fingerprint density at radius 2 is 1.91 bits per heavy atom. The highest BCUT2D eigenvalue weighted by atomic mass is 19.4. The molecule has 2 aliphatic heterocycles. The van der Waals surface area contributed by atoms with E-state index in [1.807, 2.05) is 13.0 Å². The number of hydrogen-bond donors (Lipinski definition) is 2. The quantitative estimate of drug-likeness (QED) is 0.531. The first-order valence-electron chi connectivity index (χ1n) is 10.7. The summed E-state index contributed by atoms with van der Waals surface area (Å²) in [6, 6.07) is 8.05. The number of anilines is 1. The SMILES string of the molecule is Cc1cc(/C=C2\CC3(CCC3)OCc3cc(C(F)(F)F)ccc32)c2c(c1)NC(=O)CC2.N. The van der Waals surface area contributed by atoms with E-state index in [1.165, 1.54) is 6.07 Å². The minimum atomic E-state index is -4.38. The zero-order chi connectivity index (χ0) is 21.8. The van der Waals surface area contributed by atoms with Gasteiger partial charge < -0.3 is 16.2 Å². The van der Waals surface area contributed by atoms with Gasteiger partial charge in [0.05, 0.1) is 17.8 Å². The molecule has 0 saturated heterocycles. The molecule has 0 atom stereocenters. The summed E-state index contributed by atoms with van der Waals surface area (Å²) in [6.07, 6.45) is 2.41. The van der Waals surface area contributed by atoms with Gasteiger partial charge in [0.1, 0.15) is 0 Å². The van der Waals surface area contributed by atoms with Gasteiger partial charge in [-0.05, 0) is 84.2 Å². The lowest BCUT2D eigenvalue weighted by Crippen LogP contribution is -2.39. The second-order valence-electron chi connectivity index (χ2n) is 8.97. The van der Waals surface area contributed by atoms with Crippen molar-refractivity contribution >= 4 is 23.2 Å². The molecule has 5 rings (SSSR count). The van der Waals surface area contributed by atoms with Crippen LogP contribution in [0.1, 0.15) is 65.5 Å². The molecule has 2 aromatic carbocycles. The predicted molar refractivity (Wildman–Crippen MR) is 118 cm³/mol. The molecular formula is C25H27F3N2O2. The number of halogens is 3. The first-order valence-corrected chi connectivity index (χ1v) is 10.7. The third-order valence-corrected chi connectivity index (χ3v) is 6.72. The van der Waals surface area contributed by atoms with Crippen LogP contribution in [0.5, 0.6) is 0 Å². The molecule has 1 aliphatic carbocycles. The molecule has 2 aromatic rings. The summed E-state index contributed by atoms with van der Waals surface area (Å²) in [7, 11) is 0. The van der Waals surface area contributed by atoms with Gasteiger partial charge in [-0.3, -0.25) is 4.79 Å².